The van der Waals surface area contributed by atoms with Gasteiger partial charge in [-0.15, -0.1) is 4.91 Å². The van der Waals surface area contributed by atoms with E-state index < -0.39 is 40.4 Å². The molecule has 0 bridgehead atoms. The standard InChI is InChI=1S/C21H22N4O6S/c1-11(26)15-17-21(25(3)9-8-22-12(25)2,10-13-4-6-14(7-5-13)24(30)31)18(32)16(20(28)29)23(17)19(15)27/h4-9,11,15,17,26H,10H2,1-3H3,(H-,28,29,32)/t11-,15+,17?,21?,25?/m1/s1. The highest BCUT2D eigenvalue weighted by Crippen LogP contribution is 2.56. The number of carboxylic acid groups (broad SMARTS) is 1. The normalized spacial score (nSPS) is 31.9. The first-order chi connectivity index (χ1) is 15.0. The van der Waals surface area contributed by atoms with E-state index in [0.717, 1.165) is 0 Å². The van der Waals surface area contributed by atoms with Crippen LogP contribution in [-0.2, 0) is 28.6 Å². The summed E-state index contributed by atoms with van der Waals surface area (Å²) in [5.74, 6) is -2.00. The Kier molecular flexibility index (Phi) is 4.96. The molecule has 11 heteroatoms. The number of amidine groups is 1. The van der Waals surface area contributed by atoms with Gasteiger partial charge >= 0.3 is 5.97 Å². The minimum Gasteiger partial charge on any atom is -0.776 e. The molecule has 5 atom stereocenters. The van der Waals surface area contributed by atoms with Crippen molar-refractivity contribution in [3.63, 3.8) is 0 Å². The molecule has 3 heterocycles. The zero-order valence-corrected chi connectivity index (χ0v) is 18.4. The number of benzene rings is 1. The number of nitro groups is 1. The maximum Gasteiger partial charge on any atom is 0.350 e. The monoisotopic (exact) mass is 458 g/mol. The van der Waals surface area contributed by atoms with Crippen molar-refractivity contribution in [3.8, 4) is 0 Å². The lowest BCUT2D eigenvalue weighted by molar-refractivity contribution is -0.821. The third-order valence-corrected chi connectivity index (χ3v) is 7.50. The Morgan fingerprint density at radius 1 is 1.41 bits per heavy atom. The summed E-state index contributed by atoms with van der Waals surface area (Å²) in [5.41, 5.74) is -0.812. The lowest BCUT2D eigenvalue weighted by Crippen LogP contribution is -2.77. The molecule has 0 saturated carbocycles. The first-order valence-electron chi connectivity index (χ1n) is 9.96. The van der Waals surface area contributed by atoms with Gasteiger partial charge in [0.1, 0.15) is 23.5 Å². The third-order valence-electron chi connectivity index (χ3n) is 6.95. The van der Waals surface area contributed by atoms with Gasteiger partial charge in [0.05, 0.1) is 30.2 Å². The van der Waals surface area contributed by atoms with Crippen molar-refractivity contribution in [2.24, 2.45) is 10.9 Å². The molecule has 1 saturated heterocycles. The predicted octanol–water partition coefficient (Wildman–Crippen LogP) is 1.29. The van der Waals surface area contributed by atoms with Gasteiger partial charge in [-0.25, -0.2) is 14.3 Å². The molecule has 1 fully saturated rings. The number of fused-ring (bicyclic) bond motifs is 1. The molecule has 0 radical (unpaired) electrons. The van der Waals surface area contributed by atoms with E-state index in [1.54, 1.807) is 31.5 Å². The highest BCUT2D eigenvalue weighted by molar-refractivity contribution is 7.63. The Morgan fingerprint density at radius 2 is 2.03 bits per heavy atom. The fraction of sp³-hybridized carbons (Fsp3) is 0.381. The van der Waals surface area contributed by atoms with Gasteiger partial charge in [0.15, 0.2) is 0 Å². The van der Waals surface area contributed by atoms with Crippen LogP contribution >= 0.6 is 0 Å². The largest absolute Gasteiger partial charge is 0.776 e. The number of carbonyl (C=O) groups excluding carboxylic acids is 1. The lowest BCUT2D eigenvalue weighted by atomic mass is 9.69. The van der Waals surface area contributed by atoms with Crippen molar-refractivity contribution in [1.29, 1.82) is 0 Å². The number of hydrogen-bond acceptors (Lipinski definition) is 7. The van der Waals surface area contributed by atoms with E-state index in [9.17, 15) is 29.9 Å². The molecule has 1 amide bonds. The lowest BCUT2D eigenvalue weighted by Gasteiger charge is -2.57. The number of β-lactam (4-membered cyclic amide) rings is 1. The number of carboxylic acids is 1. The second-order valence-corrected chi connectivity index (χ2v) is 8.89. The van der Waals surface area contributed by atoms with E-state index in [1.165, 1.54) is 24.0 Å². The molecule has 32 heavy (non-hydrogen) atoms. The van der Waals surface area contributed by atoms with Crippen LogP contribution in [0.4, 0.5) is 5.69 Å². The van der Waals surface area contributed by atoms with Gasteiger partial charge in [0, 0.05) is 25.5 Å². The maximum absolute atomic E-state index is 12.9. The Balaban J connectivity index is 1.95. The summed E-state index contributed by atoms with van der Waals surface area (Å²) in [6.45, 7) is 3.29. The van der Waals surface area contributed by atoms with Crippen molar-refractivity contribution >= 4 is 36.0 Å². The second-order valence-electron chi connectivity index (χ2n) is 8.48. The molecule has 4 rings (SSSR count). The number of carbonyl (C=O) groups is 2. The summed E-state index contributed by atoms with van der Waals surface area (Å²) in [4.78, 5) is 41.3. The van der Waals surface area contributed by atoms with Crippen LogP contribution in [0.2, 0.25) is 0 Å². The first-order valence-corrected chi connectivity index (χ1v) is 10.4. The van der Waals surface area contributed by atoms with Crippen molar-refractivity contribution < 1.29 is 29.2 Å². The fourth-order valence-corrected chi connectivity index (χ4v) is 5.76. The van der Waals surface area contributed by atoms with Crippen LogP contribution in [0.3, 0.4) is 0 Å². The summed E-state index contributed by atoms with van der Waals surface area (Å²) in [7, 11) is 1.84. The zero-order valence-electron chi connectivity index (χ0n) is 17.6. The Hall–Kier alpha value is -3.15. The molecule has 0 aliphatic carbocycles. The van der Waals surface area contributed by atoms with E-state index in [-0.39, 0.29) is 27.2 Å². The summed E-state index contributed by atoms with van der Waals surface area (Å²) in [6, 6.07) is 5.23. The molecule has 1 aromatic carbocycles. The molecule has 3 aliphatic heterocycles. The van der Waals surface area contributed by atoms with Gasteiger partial charge in [-0.2, -0.15) is 0 Å². The number of aliphatic hydroxyl groups excluding tert-OH is 1. The maximum atomic E-state index is 12.9. The van der Waals surface area contributed by atoms with Gasteiger partial charge in [0.25, 0.3) is 5.69 Å². The van der Waals surface area contributed by atoms with Gasteiger partial charge in [-0.05, 0) is 12.5 Å². The van der Waals surface area contributed by atoms with Gasteiger partial charge in [0.2, 0.25) is 11.7 Å². The number of likely N-dealkylation sites (N-methyl/N-ethyl adjacent to an activating group) is 1. The number of amides is 1. The number of nitrogens with zero attached hydrogens (tertiary/aromatic N) is 4. The van der Waals surface area contributed by atoms with Crippen LogP contribution < -0.4 is 0 Å². The Labute approximate surface area is 189 Å². The number of hydrogen-bond donors (Lipinski definition) is 2. The minimum absolute atomic E-state index is 0.0251. The van der Waals surface area contributed by atoms with Crippen LogP contribution in [-0.4, -0.2) is 67.0 Å². The molecule has 3 unspecified atom stereocenters. The SMILES string of the molecule is CC1=NC=C[N+]1(C)C1(Cc2ccc([N+](=O)[O-])cc2)C([S-])=C(C(=O)O)N2C(=O)[C@@H]([C@@H](C)O)C21. The summed E-state index contributed by atoms with van der Waals surface area (Å²) in [6.07, 6.45) is 2.56. The molecule has 0 aromatic heterocycles. The van der Waals surface area contributed by atoms with Crippen LogP contribution in [0.15, 0.2) is 52.3 Å². The molecule has 0 spiro atoms. The first kappa shape index (κ1) is 22.1. The summed E-state index contributed by atoms with van der Waals surface area (Å²) in [5, 5.41) is 31.4. The molecular weight excluding hydrogens is 436 g/mol. The molecule has 1 aromatic rings. The van der Waals surface area contributed by atoms with Gasteiger partial charge in [-0.1, -0.05) is 12.1 Å². The highest BCUT2D eigenvalue weighted by Gasteiger charge is 2.72. The second kappa shape index (κ2) is 7.19. The number of rotatable bonds is 6. The van der Waals surface area contributed by atoms with E-state index >= 15 is 0 Å². The van der Waals surface area contributed by atoms with Crippen molar-refractivity contribution in [3.05, 3.63) is 62.9 Å². The molecular formula is C21H22N4O6S. The molecule has 3 aliphatic rings. The van der Waals surface area contributed by atoms with E-state index in [2.05, 4.69) is 4.99 Å². The van der Waals surface area contributed by atoms with E-state index in [0.29, 0.717) is 11.4 Å². The molecule has 168 valence electrons. The smallest absolute Gasteiger partial charge is 0.350 e. The van der Waals surface area contributed by atoms with Crippen molar-refractivity contribution in [1.82, 2.24) is 4.90 Å². The zero-order chi connectivity index (χ0) is 23.6. The number of nitro benzene ring substituents is 1. The molecule has 10 nitrogen and oxygen atoms in total. The fourth-order valence-electron chi connectivity index (χ4n) is 5.20. The minimum atomic E-state index is -1.31. The van der Waals surface area contributed by atoms with Crippen molar-refractivity contribution in [2.75, 3.05) is 7.05 Å². The van der Waals surface area contributed by atoms with Crippen molar-refractivity contribution in [2.45, 2.75) is 38.0 Å². The number of quaternary nitrogens is 1. The summed E-state index contributed by atoms with van der Waals surface area (Å²) >= 11 is 5.76. The predicted molar refractivity (Wildman–Crippen MR) is 116 cm³/mol. The Morgan fingerprint density at radius 3 is 2.50 bits per heavy atom. The quantitative estimate of drug-likeness (QED) is 0.216. The molecule has 2 N–H and O–H groups in total. The average Bonchev–Trinajstić information content (AvgIpc) is 3.17. The topological polar surface area (TPSA) is 133 Å². The van der Waals surface area contributed by atoms with E-state index in [1.807, 2.05) is 7.05 Å². The highest BCUT2D eigenvalue weighted by atomic mass is 32.1. The van der Waals surface area contributed by atoms with Crippen LogP contribution in [0, 0.1) is 16.0 Å². The Bertz CT molecular complexity index is 1130. The van der Waals surface area contributed by atoms with Crippen LogP contribution in [0.25, 0.3) is 0 Å². The number of non-ortho nitro benzene ring substituents is 1. The van der Waals surface area contributed by atoms with E-state index in [4.69, 9.17) is 12.6 Å². The average molecular weight is 458 g/mol. The number of aliphatic imine (C=N–C) groups is 1. The third kappa shape index (κ3) is 2.68. The number of aliphatic carboxylic acids is 1. The number of aliphatic hydroxyl groups is 1. The van der Waals surface area contributed by atoms with Crippen LogP contribution in [0.1, 0.15) is 19.4 Å². The summed E-state index contributed by atoms with van der Waals surface area (Å²) < 4.78 is 0.0251. The van der Waals surface area contributed by atoms with Crippen LogP contribution in [0.5, 0.6) is 0 Å². The van der Waals surface area contributed by atoms with Gasteiger partial charge < -0.3 is 22.8 Å². The van der Waals surface area contributed by atoms with Gasteiger partial charge in [-0.3, -0.25) is 19.8 Å².